The number of phenolic OH excluding ortho intramolecular Hbond substituents is 1. The third-order valence-electron chi connectivity index (χ3n) is 4.73. The van der Waals surface area contributed by atoms with Crippen molar-refractivity contribution in [3.63, 3.8) is 0 Å². The molecule has 136 valence electrons. The molecule has 3 rings (SSSR count). The minimum absolute atomic E-state index is 0.0937. The van der Waals surface area contributed by atoms with Crippen LogP contribution in [0.4, 0.5) is 0 Å². The number of phenols is 1. The molecule has 1 atom stereocenters. The van der Waals surface area contributed by atoms with Crippen LogP contribution < -0.4 is 15.8 Å². The molecule has 8 nitrogen and oxygen atoms in total. The quantitative estimate of drug-likeness (QED) is 0.697. The van der Waals surface area contributed by atoms with Crippen molar-refractivity contribution in [2.24, 2.45) is 5.73 Å². The van der Waals surface area contributed by atoms with Gasteiger partial charge in [-0.3, -0.25) is 0 Å². The van der Waals surface area contributed by atoms with Crippen molar-refractivity contribution in [1.29, 1.82) is 0 Å². The van der Waals surface area contributed by atoms with Crippen LogP contribution in [0.25, 0.3) is 0 Å². The number of ether oxygens (including phenoxy) is 1. The summed E-state index contributed by atoms with van der Waals surface area (Å²) in [6, 6.07) is 5.43. The summed E-state index contributed by atoms with van der Waals surface area (Å²) in [7, 11) is 1.53. The molecule has 8 heteroatoms. The first-order valence-electron chi connectivity index (χ1n) is 8.82. The van der Waals surface area contributed by atoms with E-state index in [0.717, 1.165) is 24.2 Å². The topological polar surface area (TPSA) is 111 Å². The van der Waals surface area contributed by atoms with Crippen molar-refractivity contribution in [2.45, 2.75) is 44.2 Å². The second-order valence-corrected chi connectivity index (χ2v) is 6.38. The molecule has 1 saturated carbocycles. The SMILES string of the molecule is COc1ccc(C(NCCN)c2nnnn2C2CCCCC2)cc1O. The molecular formula is C17H26N6O2. The molecule has 1 aromatic heterocycles. The van der Waals surface area contributed by atoms with Crippen molar-refractivity contribution in [1.82, 2.24) is 25.5 Å². The van der Waals surface area contributed by atoms with Gasteiger partial charge in [-0.05, 0) is 41.0 Å². The molecule has 1 heterocycles. The molecule has 0 saturated heterocycles. The third-order valence-corrected chi connectivity index (χ3v) is 4.73. The van der Waals surface area contributed by atoms with E-state index in [0.29, 0.717) is 24.9 Å². The molecule has 0 bridgehead atoms. The van der Waals surface area contributed by atoms with Crippen molar-refractivity contribution in [3.05, 3.63) is 29.6 Å². The number of nitrogens with two attached hydrogens (primary N) is 1. The lowest BCUT2D eigenvalue weighted by Gasteiger charge is -2.25. The van der Waals surface area contributed by atoms with E-state index in [4.69, 9.17) is 10.5 Å². The summed E-state index contributed by atoms with van der Waals surface area (Å²) in [5.41, 5.74) is 6.55. The molecular weight excluding hydrogens is 320 g/mol. The molecule has 1 fully saturated rings. The highest BCUT2D eigenvalue weighted by atomic mass is 16.5. The van der Waals surface area contributed by atoms with Gasteiger partial charge in [0.15, 0.2) is 17.3 Å². The number of aromatic hydroxyl groups is 1. The maximum Gasteiger partial charge on any atom is 0.173 e. The number of tetrazole rings is 1. The molecule has 0 aliphatic heterocycles. The van der Waals surface area contributed by atoms with Gasteiger partial charge in [-0.1, -0.05) is 25.3 Å². The van der Waals surface area contributed by atoms with Crippen LogP contribution in [0, 0.1) is 0 Å². The van der Waals surface area contributed by atoms with Crippen molar-refractivity contribution in [3.8, 4) is 11.5 Å². The van der Waals surface area contributed by atoms with E-state index in [1.54, 1.807) is 12.1 Å². The molecule has 1 aliphatic rings. The molecule has 1 aliphatic carbocycles. The van der Waals surface area contributed by atoms with Gasteiger partial charge in [0.2, 0.25) is 0 Å². The standard InChI is InChI=1S/C17H26N6O2/c1-25-15-8-7-12(11-14(15)24)16(19-10-9-18)17-20-21-22-23(17)13-5-3-2-4-6-13/h7-8,11,13,16,19,24H,2-6,9-10,18H2,1H3. The number of nitrogens with zero attached hydrogens (tertiary/aromatic N) is 4. The Labute approximate surface area is 147 Å². The van der Waals surface area contributed by atoms with Crippen LogP contribution in [-0.2, 0) is 0 Å². The van der Waals surface area contributed by atoms with E-state index in [9.17, 15) is 5.11 Å². The minimum Gasteiger partial charge on any atom is -0.504 e. The highest BCUT2D eigenvalue weighted by Gasteiger charge is 2.26. The number of hydrogen-bond donors (Lipinski definition) is 3. The Morgan fingerprint density at radius 1 is 1.36 bits per heavy atom. The van der Waals surface area contributed by atoms with E-state index in [1.807, 2.05) is 10.7 Å². The predicted octanol–water partition coefficient (Wildman–Crippen LogP) is 1.53. The van der Waals surface area contributed by atoms with E-state index < -0.39 is 0 Å². The van der Waals surface area contributed by atoms with Crippen LogP contribution in [0.1, 0.15) is 55.6 Å². The highest BCUT2D eigenvalue weighted by Crippen LogP contribution is 2.33. The van der Waals surface area contributed by atoms with Crippen molar-refractivity contribution < 1.29 is 9.84 Å². The van der Waals surface area contributed by atoms with Crippen LogP contribution in [0.3, 0.4) is 0 Å². The van der Waals surface area contributed by atoms with Crippen LogP contribution in [0.15, 0.2) is 18.2 Å². The maximum atomic E-state index is 10.1. The zero-order chi connectivity index (χ0) is 17.6. The highest BCUT2D eigenvalue weighted by molar-refractivity contribution is 5.43. The fourth-order valence-electron chi connectivity index (χ4n) is 3.45. The van der Waals surface area contributed by atoms with Gasteiger partial charge in [-0.25, -0.2) is 4.68 Å². The van der Waals surface area contributed by atoms with Crippen molar-refractivity contribution in [2.75, 3.05) is 20.2 Å². The summed E-state index contributed by atoms with van der Waals surface area (Å²) in [5, 5.41) is 26.0. The van der Waals surface area contributed by atoms with Crippen LogP contribution >= 0.6 is 0 Å². The summed E-state index contributed by atoms with van der Waals surface area (Å²) in [4.78, 5) is 0. The Morgan fingerprint density at radius 2 is 2.16 bits per heavy atom. The molecule has 0 radical (unpaired) electrons. The predicted molar refractivity (Wildman–Crippen MR) is 93.5 cm³/mol. The van der Waals surface area contributed by atoms with Gasteiger partial charge in [-0.2, -0.15) is 0 Å². The minimum atomic E-state index is -0.239. The molecule has 25 heavy (non-hydrogen) atoms. The van der Waals surface area contributed by atoms with Crippen molar-refractivity contribution >= 4 is 0 Å². The van der Waals surface area contributed by atoms with Gasteiger partial charge in [0.25, 0.3) is 0 Å². The second kappa shape index (κ2) is 8.26. The summed E-state index contributed by atoms with van der Waals surface area (Å²) in [5.74, 6) is 1.29. The van der Waals surface area contributed by atoms with E-state index >= 15 is 0 Å². The molecule has 0 spiro atoms. The van der Waals surface area contributed by atoms with Gasteiger partial charge < -0.3 is 20.9 Å². The number of aromatic nitrogens is 4. The normalized spacial score (nSPS) is 16.7. The molecule has 4 N–H and O–H groups in total. The first kappa shape index (κ1) is 17.6. The van der Waals surface area contributed by atoms with E-state index in [-0.39, 0.29) is 11.8 Å². The molecule has 1 unspecified atom stereocenters. The Morgan fingerprint density at radius 3 is 2.84 bits per heavy atom. The smallest absolute Gasteiger partial charge is 0.173 e. The zero-order valence-electron chi connectivity index (χ0n) is 14.6. The Balaban J connectivity index is 1.93. The molecule has 1 aromatic carbocycles. The number of benzene rings is 1. The first-order chi connectivity index (χ1) is 12.2. The largest absolute Gasteiger partial charge is 0.504 e. The van der Waals surface area contributed by atoms with Gasteiger partial charge in [0, 0.05) is 13.1 Å². The molecule has 0 amide bonds. The molecule has 2 aromatic rings. The summed E-state index contributed by atoms with van der Waals surface area (Å²) in [6.07, 6.45) is 5.86. The van der Waals surface area contributed by atoms with Gasteiger partial charge in [0.1, 0.15) is 0 Å². The average molecular weight is 346 g/mol. The monoisotopic (exact) mass is 346 g/mol. The third kappa shape index (κ3) is 3.91. The Bertz CT molecular complexity index is 684. The van der Waals surface area contributed by atoms with Gasteiger partial charge >= 0.3 is 0 Å². The summed E-state index contributed by atoms with van der Waals surface area (Å²) < 4.78 is 7.07. The number of nitrogens with one attached hydrogen (secondary N) is 1. The summed E-state index contributed by atoms with van der Waals surface area (Å²) in [6.45, 7) is 1.12. The Kier molecular flexibility index (Phi) is 5.83. The van der Waals surface area contributed by atoms with Gasteiger partial charge in [-0.15, -0.1) is 5.10 Å². The lowest BCUT2D eigenvalue weighted by molar-refractivity contribution is 0.311. The van der Waals surface area contributed by atoms with Crippen LogP contribution in [0.2, 0.25) is 0 Å². The lowest BCUT2D eigenvalue weighted by Crippen LogP contribution is -2.31. The first-order valence-corrected chi connectivity index (χ1v) is 8.82. The number of hydrogen-bond acceptors (Lipinski definition) is 7. The summed E-state index contributed by atoms with van der Waals surface area (Å²) >= 11 is 0. The maximum absolute atomic E-state index is 10.1. The van der Waals surface area contributed by atoms with E-state index in [1.165, 1.54) is 26.4 Å². The lowest BCUT2D eigenvalue weighted by atomic mass is 9.95. The second-order valence-electron chi connectivity index (χ2n) is 6.38. The average Bonchev–Trinajstić information content (AvgIpc) is 3.12. The number of methoxy groups -OCH3 is 1. The zero-order valence-corrected chi connectivity index (χ0v) is 14.6. The van der Waals surface area contributed by atoms with Crippen LogP contribution in [-0.4, -0.2) is 45.5 Å². The fraction of sp³-hybridized carbons (Fsp3) is 0.588. The van der Waals surface area contributed by atoms with E-state index in [2.05, 4.69) is 20.8 Å². The van der Waals surface area contributed by atoms with Crippen LogP contribution in [0.5, 0.6) is 11.5 Å². The Hall–Kier alpha value is -2.19. The number of rotatable bonds is 7. The van der Waals surface area contributed by atoms with Gasteiger partial charge in [0.05, 0.1) is 19.2 Å². The fourth-order valence-corrected chi connectivity index (χ4v) is 3.45.